The van der Waals surface area contributed by atoms with Crippen LogP contribution < -0.4 is 5.32 Å². The van der Waals surface area contributed by atoms with Crippen molar-refractivity contribution in [2.75, 3.05) is 11.9 Å². The molecule has 1 amide bonds. The van der Waals surface area contributed by atoms with Crippen LogP contribution in [0.25, 0.3) is 0 Å². The van der Waals surface area contributed by atoms with Crippen LogP contribution in [0.15, 0.2) is 36.5 Å². The van der Waals surface area contributed by atoms with Crippen LogP contribution in [0, 0.1) is 5.21 Å². The Bertz CT molecular complexity index is 608. The summed E-state index contributed by atoms with van der Waals surface area (Å²) in [5.41, 5.74) is 1.57. The maximum absolute atomic E-state index is 12.2. The number of hydrogen-bond acceptors (Lipinski definition) is 4. The highest BCUT2D eigenvalue weighted by atomic mass is 16.5. The van der Waals surface area contributed by atoms with E-state index in [0.29, 0.717) is 5.82 Å². The van der Waals surface area contributed by atoms with Crippen molar-refractivity contribution in [2.24, 2.45) is 7.05 Å². The summed E-state index contributed by atoms with van der Waals surface area (Å²) < 4.78 is 1.57. The standard InChI is InChI=1S/C13H13N4O2/c1-16-13-10(7-14-16)12(9-5-3-2-4-6-9)17(19)8-11(18)15-13/h2-7,12H,8H2,1H3,(H,15,18)/q-1. The van der Waals surface area contributed by atoms with Crippen LogP contribution in [0.3, 0.4) is 0 Å². The van der Waals surface area contributed by atoms with Crippen LogP contribution in [-0.2, 0) is 11.8 Å². The minimum Gasteiger partial charge on any atom is -0.784 e. The fraction of sp³-hybridized carbons (Fsp3) is 0.231. The molecule has 0 saturated heterocycles. The van der Waals surface area contributed by atoms with Gasteiger partial charge in [-0.25, -0.2) is 0 Å². The van der Waals surface area contributed by atoms with E-state index >= 15 is 0 Å². The Labute approximate surface area is 110 Å². The molecule has 98 valence electrons. The predicted molar refractivity (Wildman–Crippen MR) is 70.2 cm³/mol. The summed E-state index contributed by atoms with van der Waals surface area (Å²) in [5.74, 6) is 0.260. The van der Waals surface area contributed by atoms with Gasteiger partial charge in [0.2, 0.25) is 5.91 Å². The van der Waals surface area contributed by atoms with Gasteiger partial charge in [0, 0.05) is 12.6 Å². The summed E-state index contributed by atoms with van der Waals surface area (Å²) in [4.78, 5) is 11.7. The molecule has 1 atom stereocenters. The molecule has 0 radical (unpaired) electrons. The fourth-order valence-electron chi connectivity index (χ4n) is 2.35. The summed E-state index contributed by atoms with van der Waals surface area (Å²) in [5, 5.41) is 19.8. The monoisotopic (exact) mass is 257 g/mol. The molecule has 1 N–H and O–H groups in total. The number of aromatic nitrogens is 2. The fourth-order valence-corrected chi connectivity index (χ4v) is 2.35. The lowest BCUT2D eigenvalue weighted by Crippen LogP contribution is -2.29. The van der Waals surface area contributed by atoms with Gasteiger partial charge >= 0.3 is 0 Å². The van der Waals surface area contributed by atoms with Crippen LogP contribution >= 0.6 is 0 Å². The van der Waals surface area contributed by atoms with Gasteiger partial charge in [0.1, 0.15) is 5.82 Å². The normalized spacial score (nSPS) is 19.7. The molecule has 3 rings (SSSR count). The van der Waals surface area contributed by atoms with Gasteiger partial charge < -0.3 is 15.6 Å². The molecule has 0 bridgehead atoms. The van der Waals surface area contributed by atoms with Crippen molar-refractivity contribution in [3.05, 3.63) is 52.9 Å². The van der Waals surface area contributed by atoms with Crippen LogP contribution in [0.4, 0.5) is 5.82 Å². The van der Waals surface area contributed by atoms with E-state index in [-0.39, 0.29) is 12.5 Å². The number of anilines is 1. The minimum absolute atomic E-state index is 0.186. The van der Waals surface area contributed by atoms with Gasteiger partial charge in [0.15, 0.2) is 0 Å². The van der Waals surface area contributed by atoms with Gasteiger partial charge in [-0.15, -0.1) is 0 Å². The third-order valence-corrected chi connectivity index (χ3v) is 3.22. The SMILES string of the molecule is Cn1ncc2c1NC(=O)CN([O-])C2c1ccccc1. The van der Waals surface area contributed by atoms with Crippen LogP contribution in [0.5, 0.6) is 0 Å². The molecule has 1 aliphatic heterocycles. The summed E-state index contributed by atoms with van der Waals surface area (Å²) in [7, 11) is 1.74. The molecule has 2 heterocycles. The van der Waals surface area contributed by atoms with Crippen molar-refractivity contribution in [2.45, 2.75) is 6.04 Å². The quantitative estimate of drug-likeness (QED) is 0.834. The van der Waals surface area contributed by atoms with Gasteiger partial charge in [0.05, 0.1) is 18.8 Å². The number of carbonyl (C=O) groups excluding carboxylic acids is 1. The molecule has 0 saturated carbocycles. The van der Waals surface area contributed by atoms with E-state index in [0.717, 1.165) is 16.2 Å². The maximum Gasteiger partial charge on any atom is 0.238 e. The first-order chi connectivity index (χ1) is 9.16. The first kappa shape index (κ1) is 11.9. The van der Waals surface area contributed by atoms with Crippen molar-refractivity contribution in [3.63, 3.8) is 0 Å². The topological polar surface area (TPSA) is 73.2 Å². The number of hydrogen-bond donors (Lipinski definition) is 1. The van der Waals surface area contributed by atoms with E-state index in [1.165, 1.54) is 0 Å². The summed E-state index contributed by atoms with van der Waals surface area (Å²) >= 11 is 0. The molecule has 1 unspecified atom stereocenters. The zero-order valence-corrected chi connectivity index (χ0v) is 10.4. The van der Waals surface area contributed by atoms with Crippen LogP contribution in [0.2, 0.25) is 0 Å². The third-order valence-electron chi connectivity index (χ3n) is 3.22. The summed E-state index contributed by atoms with van der Waals surface area (Å²) in [6, 6.07) is 8.88. The molecule has 1 aromatic carbocycles. The van der Waals surface area contributed by atoms with E-state index < -0.39 is 6.04 Å². The second-order valence-electron chi connectivity index (χ2n) is 4.51. The molecule has 6 heteroatoms. The minimum atomic E-state index is -0.510. The molecule has 0 aliphatic carbocycles. The molecule has 19 heavy (non-hydrogen) atoms. The molecule has 0 fully saturated rings. The number of carbonyl (C=O) groups is 1. The molecule has 1 aromatic heterocycles. The molecule has 1 aliphatic rings. The highest BCUT2D eigenvalue weighted by molar-refractivity contribution is 5.93. The van der Waals surface area contributed by atoms with E-state index in [1.54, 1.807) is 17.9 Å². The Hall–Kier alpha value is -2.18. The lowest BCUT2D eigenvalue weighted by Gasteiger charge is -2.34. The number of nitrogens with zero attached hydrogens (tertiary/aromatic N) is 3. The van der Waals surface area contributed by atoms with Crippen molar-refractivity contribution < 1.29 is 4.79 Å². The molecule has 2 aromatic rings. The lowest BCUT2D eigenvalue weighted by molar-refractivity contribution is -0.116. The van der Waals surface area contributed by atoms with E-state index in [4.69, 9.17) is 0 Å². The number of nitrogens with one attached hydrogen (secondary N) is 1. The number of fused-ring (bicyclic) bond motifs is 1. The lowest BCUT2D eigenvalue weighted by atomic mass is 10.0. The number of rotatable bonds is 1. The molecule has 6 nitrogen and oxygen atoms in total. The summed E-state index contributed by atoms with van der Waals surface area (Å²) in [6.45, 7) is -0.186. The van der Waals surface area contributed by atoms with E-state index in [9.17, 15) is 10.0 Å². The zero-order valence-electron chi connectivity index (χ0n) is 10.4. The highest BCUT2D eigenvalue weighted by Gasteiger charge is 2.27. The van der Waals surface area contributed by atoms with Crippen molar-refractivity contribution >= 4 is 11.7 Å². The van der Waals surface area contributed by atoms with Crippen LogP contribution in [-0.4, -0.2) is 27.3 Å². The number of aryl methyl sites for hydroxylation is 1. The van der Waals surface area contributed by atoms with Crippen molar-refractivity contribution in [3.8, 4) is 0 Å². The average molecular weight is 257 g/mol. The Morgan fingerprint density at radius 1 is 1.37 bits per heavy atom. The third kappa shape index (κ3) is 2.00. The second-order valence-corrected chi connectivity index (χ2v) is 4.51. The van der Waals surface area contributed by atoms with E-state index in [1.807, 2.05) is 30.3 Å². The molecular formula is C13H13N4O2-. The maximum atomic E-state index is 12.2. The van der Waals surface area contributed by atoms with Crippen molar-refractivity contribution in [1.82, 2.24) is 14.8 Å². The predicted octanol–water partition coefficient (Wildman–Crippen LogP) is 1.26. The van der Waals surface area contributed by atoms with Gasteiger partial charge in [0.25, 0.3) is 0 Å². The van der Waals surface area contributed by atoms with Crippen LogP contribution in [0.1, 0.15) is 17.2 Å². The first-order valence-electron chi connectivity index (χ1n) is 5.97. The van der Waals surface area contributed by atoms with Gasteiger partial charge in [-0.2, -0.15) is 5.10 Å². The van der Waals surface area contributed by atoms with Gasteiger partial charge in [-0.05, 0) is 5.56 Å². The Morgan fingerprint density at radius 3 is 2.84 bits per heavy atom. The summed E-state index contributed by atoms with van der Waals surface area (Å²) in [6.07, 6.45) is 1.63. The largest absolute Gasteiger partial charge is 0.784 e. The Morgan fingerprint density at radius 2 is 2.11 bits per heavy atom. The average Bonchev–Trinajstić information content (AvgIpc) is 2.67. The van der Waals surface area contributed by atoms with E-state index in [2.05, 4.69) is 10.4 Å². The molecule has 0 spiro atoms. The molecular weight excluding hydrogens is 244 g/mol. The Kier molecular flexibility index (Phi) is 2.81. The van der Waals surface area contributed by atoms with Gasteiger partial charge in [-0.1, -0.05) is 30.3 Å². The zero-order chi connectivity index (χ0) is 13.4. The number of hydroxylamine groups is 2. The Balaban J connectivity index is 2.14. The van der Waals surface area contributed by atoms with Crippen molar-refractivity contribution in [1.29, 1.82) is 0 Å². The van der Waals surface area contributed by atoms with Gasteiger partial charge in [-0.3, -0.25) is 9.48 Å². The highest BCUT2D eigenvalue weighted by Crippen LogP contribution is 2.34. The smallest absolute Gasteiger partial charge is 0.238 e. The number of benzene rings is 1. The second kappa shape index (κ2) is 4.49. The first-order valence-corrected chi connectivity index (χ1v) is 5.97. The number of amides is 1.